The van der Waals surface area contributed by atoms with Crippen LogP contribution in [0.4, 0.5) is 0 Å². The van der Waals surface area contributed by atoms with Crippen LogP contribution in [0.5, 0.6) is 0 Å². The Morgan fingerprint density at radius 1 is 0.321 bits per heavy atom. The minimum atomic E-state index is 0. The predicted octanol–water partition coefficient (Wildman–Crippen LogP) is 18.3. The summed E-state index contributed by atoms with van der Waals surface area (Å²) < 4.78 is 0. The largest absolute Gasteiger partial charge is 0.294 e. The molecule has 0 aliphatic rings. The van der Waals surface area contributed by atoms with Gasteiger partial charge in [-0.15, -0.1) is 24.8 Å². The average molecular weight is 826 g/mol. The second-order valence-electron chi connectivity index (χ2n) is 18.1. The first-order chi connectivity index (χ1) is 26.4. The average Bonchev–Trinajstić information content (AvgIpc) is 3.17. The number of benzene rings is 1. The van der Waals surface area contributed by atoms with E-state index in [0.29, 0.717) is 24.2 Å². The molecule has 1 aromatic rings. The summed E-state index contributed by atoms with van der Waals surface area (Å²) in [6, 6.07) is 12.2. The maximum absolute atomic E-state index is 2.93. The van der Waals surface area contributed by atoms with Gasteiger partial charge in [0, 0.05) is 37.3 Å². The lowest BCUT2D eigenvalue weighted by atomic mass is 9.97. The van der Waals surface area contributed by atoms with Crippen LogP contribution in [-0.4, -0.2) is 34.0 Å². The lowest BCUT2D eigenvalue weighted by Gasteiger charge is -2.38. The van der Waals surface area contributed by atoms with Crippen molar-refractivity contribution in [1.82, 2.24) is 9.80 Å². The molecule has 56 heavy (non-hydrogen) atoms. The van der Waals surface area contributed by atoms with Gasteiger partial charge in [-0.1, -0.05) is 232 Å². The van der Waals surface area contributed by atoms with Gasteiger partial charge in [0.25, 0.3) is 0 Å². The van der Waals surface area contributed by atoms with E-state index in [1.54, 1.807) is 11.1 Å². The Bertz CT molecular complexity index is 803. The van der Waals surface area contributed by atoms with Gasteiger partial charge in [0.15, 0.2) is 0 Å². The molecule has 0 bridgehead atoms. The summed E-state index contributed by atoms with van der Waals surface area (Å²) in [7, 11) is 0. The van der Waals surface area contributed by atoms with Gasteiger partial charge < -0.3 is 0 Å². The number of unbranched alkanes of at least 4 members (excludes halogenated alkanes) is 24. The molecule has 0 spiro atoms. The highest BCUT2D eigenvalue weighted by Gasteiger charge is 2.24. The van der Waals surface area contributed by atoms with Crippen LogP contribution >= 0.6 is 24.8 Å². The van der Waals surface area contributed by atoms with Gasteiger partial charge in [-0.05, 0) is 64.5 Å². The van der Waals surface area contributed by atoms with Crippen molar-refractivity contribution in [3.63, 3.8) is 0 Å². The van der Waals surface area contributed by atoms with Crippen LogP contribution in [-0.2, 0) is 13.1 Å². The molecule has 0 aromatic heterocycles. The second kappa shape index (κ2) is 41.5. The Kier molecular flexibility index (Phi) is 42.8. The summed E-state index contributed by atoms with van der Waals surface area (Å²) >= 11 is 0. The van der Waals surface area contributed by atoms with Gasteiger partial charge in [-0.2, -0.15) is 0 Å². The first kappa shape index (κ1) is 57.8. The highest BCUT2D eigenvalue weighted by molar-refractivity contribution is 5.85. The van der Waals surface area contributed by atoms with Crippen LogP contribution in [0.2, 0.25) is 0 Å². The normalized spacial score (nSPS) is 13.8. The monoisotopic (exact) mass is 825 g/mol. The fourth-order valence-corrected chi connectivity index (χ4v) is 9.00. The van der Waals surface area contributed by atoms with E-state index >= 15 is 0 Å². The van der Waals surface area contributed by atoms with Crippen molar-refractivity contribution in [3.8, 4) is 0 Å². The van der Waals surface area contributed by atoms with E-state index in [4.69, 9.17) is 0 Å². The molecule has 0 fully saturated rings. The molecule has 1 aromatic carbocycles. The Hall–Kier alpha value is -0.280. The molecule has 0 saturated carbocycles. The van der Waals surface area contributed by atoms with Gasteiger partial charge in [0.05, 0.1) is 0 Å². The Labute approximate surface area is 366 Å². The number of rotatable bonds is 40. The van der Waals surface area contributed by atoms with Crippen LogP contribution in [0.3, 0.4) is 0 Å². The first-order valence-corrected chi connectivity index (χ1v) is 25.0. The third-order valence-electron chi connectivity index (χ3n) is 13.0. The van der Waals surface area contributed by atoms with E-state index in [2.05, 4.69) is 89.5 Å². The van der Waals surface area contributed by atoms with Crippen molar-refractivity contribution in [2.75, 3.05) is 0 Å². The lowest BCUT2D eigenvalue weighted by molar-refractivity contribution is 0.117. The molecule has 0 heterocycles. The second-order valence-corrected chi connectivity index (χ2v) is 18.1. The lowest BCUT2D eigenvalue weighted by Crippen LogP contribution is -2.41. The number of nitrogens with zero attached hydrogens (tertiary/aromatic N) is 2. The minimum Gasteiger partial charge on any atom is -0.294 e. The maximum atomic E-state index is 2.93. The molecular formula is C52H102Cl2N2. The third kappa shape index (κ3) is 29.9. The van der Waals surface area contributed by atoms with Crippen molar-refractivity contribution in [2.24, 2.45) is 0 Å². The summed E-state index contributed by atoms with van der Waals surface area (Å²) in [6.07, 6.45) is 44.7. The molecule has 4 heteroatoms. The molecule has 1 rings (SSSR count). The van der Waals surface area contributed by atoms with Crippen molar-refractivity contribution in [2.45, 2.75) is 298 Å². The van der Waals surface area contributed by atoms with E-state index in [9.17, 15) is 0 Å². The molecule has 0 aliphatic heterocycles. The van der Waals surface area contributed by atoms with Crippen molar-refractivity contribution in [1.29, 1.82) is 0 Å². The summed E-state index contributed by atoms with van der Waals surface area (Å²) in [6.45, 7) is 21.8. The maximum Gasteiger partial charge on any atom is 0.0242 e. The number of halogens is 2. The van der Waals surface area contributed by atoms with Crippen LogP contribution in [0.15, 0.2) is 24.3 Å². The van der Waals surface area contributed by atoms with Gasteiger partial charge in [-0.3, -0.25) is 9.80 Å². The topological polar surface area (TPSA) is 6.48 Å². The van der Waals surface area contributed by atoms with Gasteiger partial charge >= 0.3 is 0 Å². The molecule has 4 atom stereocenters. The molecule has 334 valence electrons. The van der Waals surface area contributed by atoms with Crippen molar-refractivity contribution >= 4 is 24.8 Å². The Morgan fingerprint density at radius 3 is 0.732 bits per heavy atom. The van der Waals surface area contributed by atoms with Gasteiger partial charge in [0.2, 0.25) is 0 Å². The zero-order valence-corrected chi connectivity index (χ0v) is 41.0. The quantitative estimate of drug-likeness (QED) is 0.0608. The molecule has 0 amide bonds. The van der Waals surface area contributed by atoms with Crippen LogP contribution in [0.1, 0.15) is 272 Å². The summed E-state index contributed by atoms with van der Waals surface area (Å²) in [5.74, 6) is 0. The van der Waals surface area contributed by atoms with Crippen LogP contribution in [0, 0.1) is 0 Å². The van der Waals surface area contributed by atoms with E-state index in [1.165, 1.54) is 205 Å². The summed E-state index contributed by atoms with van der Waals surface area (Å²) in [4.78, 5) is 5.86. The van der Waals surface area contributed by atoms with Crippen LogP contribution in [0.25, 0.3) is 0 Å². The Balaban J connectivity index is 0. The standard InChI is InChI=1S/C52H100N2.2ClH/c1-9-13-17-21-25-29-33-39-47(5)53(48(6)40-34-30-26-22-18-14-10-2)45-51-43-37-38-44-52(51)46-54(49(7)41-35-31-27-23-19-15-11-3)50(8)42-36-32-28-24-20-16-12-4;;/h37-38,43-44,47-50H,9-36,39-42,45-46H2,1-8H3;2*1H. The highest BCUT2D eigenvalue weighted by atomic mass is 35.5. The van der Waals surface area contributed by atoms with Crippen LogP contribution < -0.4 is 0 Å². The zero-order valence-electron chi connectivity index (χ0n) is 39.4. The van der Waals surface area contributed by atoms with Gasteiger partial charge in [0.1, 0.15) is 0 Å². The summed E-state index contributed by atoms with van der Waals surface area (Å²) in [5, 5.41) is 0. The minimum absolute atomic E-state index is 0. The van der Waals surface area contributed by atoms with Gasteiger partial charge in [-0.25, -0.2) is 0 Å². The fourth-order valence-electron chi connectivity index (χ4n) is 9.00. The molecule has 0 N–H and O–H groups in total. The molecule has 0 aliphatic carbocycles. The predicted molar refractivity (Wildman–Crippen MR) is 260 cm³/mol. The number of hydrogen-bond donors (Lipinski definition) is 0. The van der Waals surface area contributed by atoms with Crippen molar-refractivity contribution in [3.05, 3.63) is 35.4 Å². The zero-order chi connectivity index (χ0) is 39.5. The molecule has 4 unspecified atom stereocenters. The molecule has 0 radical (unpaired) electrons. The third-order valence-corrected chi connectivity index (χ3v) is 13.0. The van der Waals surface area contributed by atoms with Crippen molar-refractivity contribution < 1.29 is 0 Å². The SMILES string of the molecule is CCCCCCCCCC(C)N(Cc1ccccc1CN(C(C)CCCCCCCCC)C(C)CCCCCCCCC)C(C)CCCCCCCCC.Cl.Cl. The Morgan fingerprint density at radius 2 is 0.518 bits per heavy atom. The molecule has 0 saturated heterocycles. The smallest absolute Gasteiger partial charge is 0.0242 e. The van der Waals surface area contributed by atoms with E-state index < -0.39 is 0 Å². The first-order valence-electron chi connectivity index (χ1n) is 25.0. The molecule has 2 nitrogen and oxygen atoms in total. The highest BCUT2D eigenvalue weighted by Crippen LogP contribution is 2.26. The molecular weight excluding hydrogens is 723 g/mol. The summed E-state index contributed by atoms with van der Waals surface area (Å²) in [5.41, 5.74) is 3.18. The van der Waals surface area contributed by atoms with E-state index in [1.807, 2.05) is 0 Å². The fraction of sp³-hybridized carbons (Fsp3) is 0.885. The van der Waals surface area contributed by atoms with E-state index in [-0.39, 0.29) is 24.8 Å². The number of hydrogen-bond acceptors (Lipinski definition) is 2. The van der Waals surface area contributed by atoms with E-state index in [0.717, 1.165) is 13.1 Å².